The molecule has 1 heterocycles. The van der Waals surface area contributed by atoms with Gasteiger partial charge in [0.15, 0.2) is 5.96 Å². The van der Waals surface area contributed by atoms with Gasteiger partial charge in [0.2, 0.25) is 0 Å². The lowest BCUT2D eigenvalue weighted by molar-refractivity contribution is 0.187. The number of aliphatic hydroxyl groups excluding tert-OH is 1. The van der Waals surface area contributed by atoms with Crippen molar-refractivity contribution in [1.29, 1.82) is 0 Å². The molecular weight excluding hydrogens is 453 g/mol. The SMILES string of the molecule is CCNC(=NCC(O)c1ccc(C)cc1)NC1CCOc2ccccc21.I. The maximum absolute atomic E-state index is 10.4. The number of aryl methyl sites for hydroxylation is 1. The fourth-order valence-corrected chi connectivity index (χ4v) is 3.05. The van der Waals surface area contributed by atoms with Crippen LogP contribution >= 0.6 is 24.0 Å². The molecule has 0 spiro atoms. The Morgan fingerprint density at radius 2 is 1.96 bits per heavy atom. The minimum Gasteiger partial charge on any atom is -0.493 e. The number of nitrogens with one attached hydrogen (secondary N) is 2. The smallest absolute Gasteiger partial charge is 0.191 e. The van der Waals surface area contributed by atoms with E-state index in [0.29, 0.717) is 19.1 Å². The van der Waals surface area contributed by atoms with Gasteiger partial charge in [-0.3, -0.25) is 4.99 Å². The number of hydrogen-bond donors (Lipinski definition) is 3. The van der Waals surface area contributed by atoms with Crippen molar-refractivity contribution in [2.45, 2.75) is 32.4 Å². The fourth-order valence-electron chi connectivity index (χ4n) is 3.05. The first-order valence-electron chi connectivity index (χ1n) is 9.18. The summed E-state index contributed by atoms with van der Waals surface area (Å²) in [6.07, 6.45) is 0.259. The van der Waals surface area contributed by atoms with Crippen molar-refractivity contribution >= 4 is 29.9 Å². The third-order valence-electron chi connectivity index (χ3n) is 4.50. The molecule has 2 aromatic rings. The van der Waals surface area contributed by atoms with E-state index < -0.39 is 6.10 Å². The second-order valence-electron chi connectivity index (χ2n) is 6.52. The highest BCUT2D eigenvalue weighted by molar-refractivity contribution is 14.0. The highest BCUT2D eigenvalue weighted by atomic mass is 127. The maximum atomic E-state index is 10.4. The Bertz CT molecular complexity index is 749. The molecule has 2 unspecified atom stereocenters. The van der Waals surface area contributed by atoms with Crippen LogP contribution in [0.15, 0.2) is 53.5 Å². The molecule has 3 rings (SSSR count). The van der Waals surface area contributed by atoms with E-state index in [1.54, 1.807) is 0 Å². The highest BCUT2D eigenvalue weighted by Crippen LogP contribution is 2.31. The van der Waals surface area contributed by atoms with Crippen LogP contribution in [-0.2, 0) is 0 Å². The minimum atomic E-state index is -0.618. The molecule has 0 amide bonds. The van der Waals surface area contributed by atoms with Gasteiger partial charge in [-0.1, -0.05) is 48.0 Å². The summed E-state index contributed by atoms with van der Waals surface area (Å²) in [6, 6.07) is 16.1. The molecule has 2 aromatic carbocycles. The van der Waals surface area contributed by atoms with Crippen molar-refractivity contribution in [3.63, 3.8) is 0 Å². The monoisotopic (exact) mass is 481 g/mol. The van der Waals surface area contributed by atoms with E-state index in [0.717, 1.165) is 29.8 Å². The first-order valence-corrected chi connectivity index (χ1v) is 9.18. The van der Waals surface area contributed by atoms with Crippen LogP contribution in [0.2, 0.25) is 0 Å². The topological polar surface area (TPSA) is 65.9 Å². The summed E-state index contributed by atoms with van der Waals surface area (Å²) in [6.45, 7) is 5.82. The third-order valence-corrected chi connectivity index (χ3v) is 4.50. The zero-order chi connectivity index (χ0) is 18.4. The summed E-state index contributed by atoms with van der Waals surface area (Å²) in [5.41, 5.74) is 3.20. The van der Waals surface area contributed by atoms with E-state index in [4.69, 9.17) is 4.74 Å². The number of hydrogen-bond acceptors (Lipinski definition) is 3. The van der Waals surface area contributed by atoms with Gasteiger partial charge in [-0.25, -0.2) is 0 Å². The summed E-state index contributed by atoms with van der Waals surface area (Å²) in [5.74, 6) is 1.63. The first-order chi connectivity index (χ1) is 12.7. The van der Waals surface area contributed by atoms with Crippen LogP contribution in [0.4, 0.5) is 0 Å². The van der Waals surface area contributed by atoms with Crippen LogP contribution in [0.3, 0.4) is 0 Å². The van der Waals surface area contributed by atoms with Crippen molar-refractivity contribution in [2.24, 2.45) is 4.99 Å². The molecule has 0 radical (unpaired) electrons. The molecule has 0 saturated carbocycles. The average Bonchev–Trinajstić information content (AvgIpc) is 2.67. The van der Waals surface area contributed by atoms with Crippen molar-refractivity contribution in [1.82, 2.24) is 10.6 Å². The highest BCUT2D eigenvalue weighted by Gasteiger charge is 2.21. The standard InChI is InChI=1S/C21H27N3O2.HI/c1-3-22-21(23-14-19(25)16-10-8-15(2)9-11-16)24-18-12-13-26-20-7-5-4-6-17(18)20;/h4-11,18-19,25H,3,12-14H2,1-2H3,(H2,22,23,24);1H. The third kappa shape index (κ3) is 5.84. The average molecular weight is 481 g/mol. The molecule has 1 aliphatic heterocycles. The number of guanidine groups is 1. The van der Waals surface area contributed by atoms with Crippen molar-refractivity contribution in [3.8, 4) is 5.75 Å². The van der Waals surface area contributed by atoms with E-state index in [1.165, 1.54) is 5.56 Å². The van der Waals surface area contributed by atoms with Crippen LogP contribution in [-0.4, -0.2) is 30.8 Å². The molecule has 146 valence electrons. The Morgan fingerprint density at radius 3 is 2.70 bits per heavy atom. The molecule has 27 heavy (non-hydrogen) atoms. The molecule has 1 aliphatic rings. The van der Waals surface area contributed by atoms with Gasteiger partial charge in [0, 0.05) is 18.5 Å². The number of rotatable bonds is 5. The van der Waals surface area contributed by atoms with Crippen molar-refractivity contribution in [2.75, 3.05) is 19.7 Å². The van der Waals surface area contributed by atoms with Gasteiger partial charge in [0.1, 0.15) is 5.75 Å². The summed E-state index contributed by atoms with van der Waals surface area (Å²) < 4.78 is 5.72. The number of ether oxygens (including phenoxy) is 1. The molecule has 0 fully saturated rings. The number of para-hydroxylation sites is 1. The zero-order valence-corrected chi connectivity index (χ0v) is 18.1. The van der Waals surface area contributed by atoms with Gasteiger partial charge in [0.25, 0.3) is 0 Å². The Hall–Kier alpha value is -1.80. The Kier molecular flexibility index (Phi) is 8.37. The van der Waals surface area contributed by atoms with Gasteiger partial charge in [-0.2, -0.15) is 0 Å². The van der Waals surface area contributed by atoms with Crippen LogP contribution in [0.25, 0.3) is 0 Å². The number of nitrogens with zero attached hydrogens (tertiary/aromatic N) is 1. The van der Waals surface area contributed by atoms with Gasteiger partial charge >= 0.3 is 0 Å². The quantitative estimate of drug-likeness (QED) is 0.346. The van der Waals surface area contributed by atoms with E-state index >= 15 is 0 Å². The lowest BCUT2D eigenvalue weighted by Gasteiger charge is -2.28. The minimum absolute atomic E-state index is 0. The van der Waals surface area contributed by atoms with E-state index in [9.17, 15) is 5.11 Å². The van der Waals surface area contributed by atoms with Gasteiger partial charge in [-0.05, 0) is 25.5 Å². The molecule has 2 atom stereocenters. The fraction of sp³-hybridized carbons (Fsp3) is 0.381. The lowest BCUT2D eigenvalue weighted by Crippen LogP contribution is -2.41. The molecule has 0 bridgehead atoms. The van der Waals surface area contributed by atoms with Gasteiger partial charge in [0.05, 0.1) is 25.3 Å². The number of aliphatic imine (C=N–C) groups is 1. The second kappa shape index (κ2) is 10.5. The summed E-state index contributed by atoms with van der Waals surface area (Å²) in [4.78, 5) is 4.58. The molecule has 0 saturated heterocycles. The predicted molar refractivity (Wildman–Crippen MR) is 120 cm³/mol. The summed E-state index contributed by atoms with van der Waals surface area (Å²) in [5, 5.41) is 17.1. The molecule has 3 N–H and O–H groups in total. The van der Waals surface area contributed by atoms with Crippen LogP contribution in [0.5, 0.6) is 5.75 Å². The maximum Gasteiger partial charge on any atom is 0.191 e. The Morgan fingerprint density at radius 1 is 1.22 bits per heavy atom. The number of halogens is 1. The predicted octanol–water partition coefficient (Wildman–Crippen LogP) is 3.73. The van der Waals surface area contributed by atoms with Crippen molar-refractivity contribution < 1.29 is 9.84 Å². The van der Waals surface area contributed by atoms with E-state index in [-0.39, 0.29) is 30.0 Å². The van der Waals surface area contributed by atoms with Crippen LogP contribution < -0.4 is 15.4 Å². The molecular formula is C21H28IN3O2. The lowest BCUT2D eigenvalue weighted by atomic mass is 10.0. The van der Waals surface area contributed by atoms with Crippen LogP contribution in [0.1, 0.15) is 42.2 Å². The van der Waals surface area contributed by atoms with Crippen LogP contribution in [0, 0.1) is 6.92 Å². The van der Waals surface area contributed by atoms with E-state index in [2.05, 4.69) is 21.7 Å². The number of benzene rings is 2. The number of fused-ring (bicyclic) bond motifs is 1. The molecule has 6 heteroatoms. The summed E-state index contributed by atoms with van der Waals surface area (Å²) >= 11 is 0. The van der Waals surface area contributed by atoms with Gasteiger partial charge < -0.3 is 20.5 Å². The molecule has 0 aromatic heterocycles. The Labute approximate surface area is 178 Å². The van der Waals surface area contributed by atoms with Crippen molar-refractivity contribution in [3.05, 3.63) is 65.2 Å². The van der Waals surface area contributed by atoms with Gasteiger partial charge in [-0.15, -0.1) is 24.0 Å². The second-order valence-corrected chi connectivity index (χ2v) is 6.52. The number of aliphatic hydroxyl groups is 1. The molecule has 0 aliphatic carbocycles. The summed E-state index contributed by atoms with van der Waals surface area (Å²) in [7, 11) is 0. The Balaban J connectivity index is 0.00000261. The zero-order valence-electron chi connectivity index (χ0n) is 15.8. The normalized spacial score (nSPS) is 17.1. The largest absolute Gasteiger partial charge is 0.493 e. The first kappa shape index (κ1) is 21.5. The van der Waals surface area contributed by atoms with E-state index in [1.807, 2.05) is 56.3 Å². The molecule has 5 nitrogen and oxygen atoms in total.